The predicted molar refractivity (Wildman–Crippen MR) is 121 cm³/mol. The molecule has 172 valence electrons. The molecule has 4 amide bonds. The molecular formula is C25H19FN2O6. The van der Waals surface area contributed by atoms with E-state index in [4.69, 9.17) is 9.47 Å². The minimum atomic E-state index is -0.896. The van der Waals surface area contributed by atoms with Gasteiger partial charge in [-0.25, -0.2) is 14.1 Å². The van der Waals surface area contributed by atoms with E-state index in [1.165, 1.54) is 43.5 Å². The van der Waals surface area contributed by atoms with Gasteiger partial charge in [0.2, 0.25) is 0 Å². The Morgan fingerprint density at radius 2 is 1.74 bits per heavy atom. The molecule has 2 N–H and O–H groups in total. The maximum Gasteiger partial charge on any atom is 0.335 e. The van der Waals surface area contributed by atoms with E-state index in [1.54, 1.807) is 36.4 Å². The van der Waals surface area contributed by atoms with Gasteiger partial charge < -0.3 is 14.6 Å². The number of phenolic OH excluding ortho intramolecular Hbond substituents is 1. The molecule has 1 aliphatic rings. The van der Waals surface area contributed by atoms with Gasteiger partial charge in [0.05, 0.1) is 12.8 Å². The van der Waals surface area contributed by atoms with Crippen LogP contribution in [0.5, 0.6) is 17.2 Å². The van der Waals surface area contributed by atoms with Gasteiger partial charge in [-0.2, -0.15) is 0 Å². The Morgan fingerprint density at radius 1 is 1.00 bits per heavy atom. The summed E-state index contributed by atoms with van der Waals surface area (Å²) in [5.74, 6) is -1.45. The predicted octanol–water partition coefficient (Wildman–Crippen LogP) is 3.79. The molecule has 8 nitrogen and oxygen atoms in total. The SMILES string of the molecule is COc1cc(/C=C2/C(=O)NC(=O)N(c3ccc(O)cc3)C2=O)ccc1OCc1ccccc1F. The first-order valence-corrected chi connectivity index (χ1v) is 10.1. The number of carbonyl (C=O) groups is 3. The van der Waals surface area contributed by atoms with Crippen LogP contribution in [0.3, 0.4) is 0 Å². The van der Waals surface area contributed by atoms with Gasteiger partial charge in [0.1, 0.15) is 23.7 Å². The minimum Gasteiger partial charge on any atom is -0.508 e. The molecule has 3 aromatic rings. The zero-order chi connectivity index (χ0) is 24.2. The fraction of sp³-hybridized carbons (Fsp3) is 0.0800. The van der Waals surface area contributed by atoms with E-state index in [-0.39, 0.29) is 23.6 Å². The van der Waals surface area contributed by atoms with Crippen LogP contribution in [0.4, 0.5) is 14.9 Å². The Hall–Kier alpha value is -4.66. The van der Waals surface area contributed by atoms with Gasteiger partial charge in [0.25, 0.3) is 11.8 Å². The summed E-state index contributed by atoms with van der Waals surface area (Å²) in [7, 11) is 1.42. The number of rotatable bonds is 6. The number of hydrogen-bond acceptors (Lipinski definition) is 6. The summed E-state index contributed by atoms with van der Waals surface area (Å²) in [4.78, 5) is 38.4. The van der Waals surface area contributed by atoms with Crippen molar-refractivity contribution in [2.75, 3.05) is 12.0 Å². The van der Waals surface area contributed by atoms with Crippen LogP contribution in [0.1, 0.15) is 11.1 Å². The van der Waals surface area contributed by atoms with Crippen LogP contribution in [-0.2, 0) is 16.2 Å². The van der Waals surface area contributed by atoms with Gasteiger partial charge in [-0.3, -0.25) is 14.9 Å². The molecule has 1 saturated heterocycles. The monoisotopic (exact) mass is 462 g/mol. The topological polar surface area (TPSA) is 105 Å². The number of urea groups is 1. The molecule has 0 atom stereocenters. The molecule has 0 aromatic heterocycles. The number of nitrogens with zero attached hydrogens (tertiary/aromatic N) is 1. The Balaban J connectivity index is 1.60. The number of hydrogen-bond donors (Lipinski definition) is 2. The molecule has 3 aromatic carbocycles. The van der Waals surface area contributed by atoms with E-state index in [1.807, 2.05) is 0 Å². The van der Waals surface area contributed by atoms with Crippen molar-refractivity contribution in [1.82, 2.24) is 5.32 Å². The highest BCUT2D eigenvalue weighted by atomic mass is 19.1. The number of aromatic hydroxyl groups is 1. The maximum atomic E-state index is 13.8. The lowest BCUT2D eigenvalue weighted by Gasteiger charge is -2.26. The molecule has 0 saturated carbocycles. The number of benzene rings is 3. The quantitative estimate of drug-likeness (QED) is 0.427. The van der Waals surface area contributed by atoms with Crippen LogP contribution in [0.25, 0.3) is 6.08 Å². The van der Waals surface area contributed by atoms with Crippen molar-refractivity contribution in [3.63, 3.8) is 0 Å². The van der Waals surface area contributed by atoms with Crippen LogP contribution in [0.2, 0.25) is 0 Å². The van der Waals surface area contributed by atoms with Gasteiger partial charge >= 0.3 is 6.03 Å². The third-order valence-electron chi connectivity index (χ3n) is 5.05. The fourth-order valence-electron chi connectivity index (χ4n) is 3.32. The third-order valence-corrected chi connectivity index (χ3v) is 5.05. The van der Waals surface area contributed by atoms with Crippen LogP contribution in [0.15, 0.2) is 72.3 Å². The molecule has 1 heterocycles. The van der Waals surface area contributed by atoms with Crippen LogP contribution in [-0.4, -0.2) is 30.1 Å². The second-order valence-corrected chi connectivity index (χ2v) is 7.26. The normalized spacial score (nSPS) is 14.8. The second-order valence-electron chi connectivity index (χ2n) is 7.26. The maximum absolute atomic E-state index is 13.8. The first kappa shape index (κ1) is 22.5. The van der Waals surface area contributed by atoms with Gasteiger partial charge in [-0.1, -0.05) is 24.3 Å². The first-order chi connectivity index (χ1) is 16.4. The minimum absolute atomic E-state index is 0.0198. The van der Waals surface area contributed by atoms with E-state index in [0.29, 0.717) is 22.6 Å². The zero-order valence-electron chi connectivity index (χ0n) is 17.9. The molecular weight excluding hydrogens is 443 g/mol. The van der Waals surface area contributed by atoms with Gasteiger partial charge in [-0.05, 0) is 54.1 Å². The number of phenols is 1. The highest BCUT2D eigenvalue weighted by Gasteiger charge is 2.36. The van der Waals surface area contributed by atoms with E-state index in [2.05, 4.69) is 5.32 Å². The molecule has 1 aliphatic heterocycles. The largest absolute Gasteiger partial charge is 0.508 e. The smallest absolute Gasteiger partial charge is 0.335 e. The van der Waals surface area contributed by atoms with E-state index in [9.17, 15) is 23.9 Å². The second kappa shape index (κ2) is 9.45. The van der Waals surface area contributed by atoms with Crippen molar-refractivity contribution in [2.45, 2.75) is 6.61 Å². The lowest BCUT2D eigenvalue weighted by molar-refractivity contribution is -0.122. The number of barbiturate groups is 1. The van der Waals surface area contributed by atoms with Gasteiger partial charge in [-0.15, -0.1) is 0 Å². The number of nitrogens with one attached hydrogen (secondary N) is 1. The number of ether oxygens (including phenoxy) is 2. The summed E-state index contributed by atoms with van der Waals surface area (Å²) in [6.07, 6.45) is 1.32. The first-order valence-electron chi connectivity index (χ1n) is 10.1. The lowest BCUT2D eigenvalue weighted by atomic mass is 10.1. The molecule has 1 fully saturated rings. The van der Waals surface area contributed by atoms with E-state index >= 15 is 0 Å². The Morgan fingerprint density at radius 3 is 2.44 bits per heavy atom. The fourth-order valence-corrected chi connectivity index (χ4v) is 3.32. The lowest BCUT2D eigenvalue weighted by Crippen LogP contribution is -2.54. The van der Waals surface area contributed by atoms with Crippen molar-refractivity contribution in [2.24, 2.45) is 0 Å². The molecule has 0 unspecified atom stereocenters. The summed E-state index contributed by atoms with van der Waals surface area (Å²) >= 11 is 0. The van der Waals surface area contributed by atoms with E-state index < -0.39 is 23.7 Å². The number of methoxy groups -OCH3 is 1. The molecule has 0 aliphatic carbocycles. The summed E-state index contributed by atoms with van der Waals surface area (Å²) in [6.45, 7) is -0.0198. The van der Waals surface area contributed by atoms with Crippen molar-refractivity contribution >= 4 is 29.6 Å². The molecule has 9 heteroatoms. The van der Waals surface area contributed by atoms with Gasteiger partial charge in [0, 0.05) is 5.56 Å². The summed E-state index contributed by atoms with van der Waals surface area (Å²) < 4.78 is 24.9. The number of imide groups is 2. The molecule has 0 bridgehead atoms. The van der Waals surface area contributed by atoms with Crippen molar-refractivity contribution in [1.29, 1.82) is 0 Å². The summed E-state index contributed by atoms with van der Waals surface area (Å²) in [5, 5.41) is 11.6. The van der Waals surface area contributed by atoms with E-state index in [0.717, 1.165) is 4.90 Å². The molecule has 4 rings (SSSR count). The Labute approximate surface area is 193 Å². The van der Waals surface area contributed by atoms with Crippen molar-refractivity contribution in [3.8, 4) is 17.2 Å². The Kier molecular flexibility index (Phi) is 6.26. The average Bonchev–Trinajstić information content (AvgIpc) is 2.82. The van der Waals surface area contributed by atoms with Crippen LogP contribution in [0, 0.1) is 5.82 Å². The Bertz CT molecular complexity index is 1300. The average molecular weight is 462 g/mol. The molecule has 0 spiro atoms. The van der Waals surface area contributed by atoms with Crippen molar-refractivity contribution in [3.05, 3.63) is 89.2 Å². The number of halogens is 1. The van der Waals surface area contributed by atoms with Crippen LogP contribution < -0.4 is 19.7 Å². The zero-order valence-corrected chi connectivity index (χ0v) is 17.9. The number of anilines is 1. The third kappa shape index (κ3) is 4.58. The summed E-state index contributed by atoms with van der Waals surface area (Å²) in [6, 6.07) is 15.4. The molecule has 34 heavy (non-hydrogen) atoms. The van der Waals surface area contributed by atoms with Gasteiger partial charge in [0.15, 0.2) is 11.5 Å². The molecule has 0 radical (unpaired) electrons. The highest BCUT2D eigenvalue weighted by molar-refractivity contribution is 6.39. The summed E-state index contributed by atoms with van der Waals surface area (Å²) in [5.41, 5.74) is 0.732. The standard InChI is InChI=1S/C25H19FN2O6/c1-33-22-13-15(6-11-21(22)34-14-16-4-2-3-5-20(16)26)12-19-23(30)27-25(32)28(24(19)31)17-7-9-18(29)10-8-17/h2-13,29H,14H2,1H3,(H,27,30,32)/b19-12-. The van der Waals surface area contributed by atoms with Crippen LogP contribution >= 0.6 is 0 Å². The number of amides is 4. The number of carbonyl (C=O) groups excluding carboxylic acids is 3. The van der Waals surface area contributed by atoms with Crippen molar-refractivity contribution < 1.29 is 33.4 Å². The highest BCUT2D eigenvalue weighted by Crippen LogP contribution is 2.31.